The van der Waals surface area contributed by atoms with Crippen molar-refractivity contribution in [2.75, 3.05) is 0 Å². The van der Waals surface area contributed by atoms with Crippen LogP contribution in [0, 0.1) is 5.92 Å². The van der Waals surface area contributed by atoms with Crippen LogP contribution in [0.15, 0.2) is 64.4 Å². The van der Waals surface area contributed by atoms with Crippen molar-refractivity contribution in [3.05, 3.63) is 70.6 Å². The Morgan fingerprint density at radius 2 is 1.56 bits per heavy atom. The van der Waals surface area contributed by atoms with E-state index in [-0.39, 0.29) is 28.6 Å². The maximum Gasteiger partial charge on any atom is 0.405 e. The molecule has 0 saturated carbocycles. The number of carboxylic acid groups (broad SMARTS) is 1. The van der Waals surface area contributed by atoms with Crippen LogP contribution in [0.3, 0.4) is 0 Å². The molecule has 0 bridgehead atoms. The molecule has 34 heavy (non-hydrogen) atoms. The number of benzene rings is 2. The van der Waals surface area contributed by atoms with E-state index in [1.165, 1.54) is 12.1 Å². The zero-order valence-corrected chi connectivity index (χ0v) is 19.8. The molecule has 9 heteroatoms. The first kappa shape index (κ1) is 25.2. The summed E-state index contributed by atoms with van der Waals surface area (Å²) < 4.78 is 26.0. The van der Waals surface area contributed by atoms with Crippen molar-refractivity contribution in [2.45, 2.75) is 50.1 Å². The fourth-order valence-corrected chi connectivity index (χ4v) is 5.53. The smallest absolute Gasteiger partial charge is 0.405 e. The SMILES string of the molecule is CC(C)CC(NC(=O)O)C(=O)NC(CCc1ccccc1)C(=O)C1=Cc2ccccc2S1(=O)=O. The van der Waals surface area contributed by atoms with Gasteiger partial charge in [0.2, 0.25) is 15.7 Å². The van der Waals surface area contributed by atoms with Crippen LogP contribution in [0.4, 0.5) is 4.79 Å². The second kappa shape index (κ2) is 10.6. The van der Waals surface area contributed by atoms with E-state index in [1.807, 2.05) is 44.2 Å². The summed E-state index contributed by atoms with van der Waals surface area (Å²) in [5.74, 6) is -1.39. The van der Waals surface area contributed by atoms with Crippen molar-refractivity contribution in [1.82, 2.24) is 10.6 Å². The Kier molecular flexibility index (Phi) is 7.88. The van der Waals surface area contributed by atoms with Crippen LogP contribution in [0.25, 0.3) is 6.08 Å². The fourth-order valence-electron chi connectivity index (χ4n) is 3.91. The van der Waals surface area contributed by atoms with E-state index in [2.05, 4.69) is 10.6 Å². The minimum atomic E-state index is -4.02. The van der Waals surface area contributed by atoms with Crippen molar-refractivity contribution in [2.24, 2.45) is 5.92 Å². The number of rotatable bonds is 10. The van der Waals surface area contributed by atoms with Crippen molar-refractivity contribution < 1.29 is 27.9 Å². The number of fused-ring (bicyclic) bond motifs is 1. The quantitative estimate of drug-likeness (QED) is 0.475. The summed E-state index contributed by atoms with van der Waals surface area (Å²) in [4.78, 5) is 37.3. The van der Waals surface area contributed by atoms with Crippen molar-refractivity contribution in [3.63, 3.8) is 0 Å². The highest BCUT2D eigenvalue weighted by Gasteiger charge is 2.38. The highest BCUT2D eigenvalue weighted by Crippen LogP contribution is 2.33. The van der Waals surface area contributed by atoms with Crippen LogP contribution in [0.1, 0.15) is 37.8 Å². The molecule has 0 fully saturated rings. The van der Waals surface area contributed by atoms with E-state index < -0.39 is 39.7 Å². The Bertz CT molecular complexity index is 1200. The Hall–Kier alpha value is -3.46. The van der Waals surface area contributed by atoms with Gasteiger partial charge < -0.3 is 15.7 Å². The first-order valence-corrected chi connectivity index (χ1v) is 12.5. The Balaban J connectivity index is 1.88. The third-order valence-corrected chi connectivity index (χ3v) is 7.40. The highest BCUT2D eigenvalue weighted by atomic mass is 32.2. The lowest BCUT2D eigenvalue weighted by Crippen LogP contribution is -2.52. The lowest BCUT2D eigenvalue weighted by atomic mass is 9.99. The van der Waals surface area contributed by atoms with E-state index in [0.717, 1.165) is 5.56 Å². The van der Waals surface area contributed by atoms with Crippen LogP contribution in [-0.4, -0.2) is 43.4 Å². The molecule has 0 spiro atoms. The minimum Gasteiger partial charge on any atom is -0.465 e. The highest BCUT2D eigenvalue weighted by molar-refractivity contribution is 7.96. The van der Waals surface area contributed by atoms with Gasteiger partial charge in [-0.1, -0.05) is 62.4 Å². The van der Waals surface area contributed by atoms with Gasteiger partial charge in [0.1, 0.15) is 10.9 Å². The summed E-state index contributed by atoms with van der Waals surface area (Å²) in [7, 11) is -4.02. The lowest BCUT2D eigenvalue weighted by Gasteiger charge is -2.23. The van der Waals surface area contributed by atoms with Crippen LogP contribution in [0.2, 0.25) is 0 Å². The van der Waals surface area contributed by atoms with E-state index in [0.29, 0.717) is 12.0 Å². The molecule has 2 amide bonds. The van der Waals surface area contributed by atoms with Gasteiger partial charge in [0.05, 0.1) is 10.9 Å². The molecule has 2 unspecified atom stereocenters. The normalized spacial score (nSPS) is 15.7. The largest absolute Gasteiger partial charge is 0.465 e. The molecule has 0 saturated heterocycles. The number of aryl methyl sites for hydroxylation is 1. The second-order valence-corrected chi connectivity index (χ2v) is 10.5. The maximum absolute atomic E-state index is 13.5. The van der Waals surface area contributed by atoms with Gasteiger partial charge in [0.15, 0.2) is 5.78 Å². The molecule has 0 aliphatic carbocycles. The Labute approximate surface area is 199 Å². The number of carbonyl (C=O) groups is 3. The number of carbonyl (C=O) groups excluding carboxylic acids is 2. The standard InChI is InChI=1S/C25H28N2O6S/c1-16(2)14-20(27-25(30)31)24(29)26-19(13-12-17-8-4-3-5-9-17)23(28)22-15-18-10-6-7-11-21(18)34(22,32)33/h3-11,15-16,19-20,27H,12-14H2,1-2H3,(H,26,29)(H,30,31). The number of Topliss-reactive ketones (excluding diaryl/α,β-unsaturated/α-hetero) is 1. The molecular weight excluding hydrogens is 456 g/mol. The lowest BCUT2D eigenvalue weighted by molar-refractivity contribution is -0.127. The summed E-state index contributed by atoms with van der Waals surface area (Å²) in [6.07, 6.45) is 0.766. The molecule has 2 aromatic carbocycles. The topological polar surface area (TPSA) is 130 Å². The average Bonchev–Trinajstić information content (AvgIpc) is 3.06. The van der Waals surface area contributed by atoms with Gasteiger partial charge in [0.25, 0.3) is 0 Å². The maximum atomic E-state index is 13.5. The Morgan fingerprint density at radius 3 is 2.18 bits per heavy atom. The molecule has 0 radical (unpaired) electrons. The summed E-state index contributed by atoms with van der Waals surface area (Å²) in [5, 5.41) is 13.9. The molecule has 3 N–H and O–H groups in total. The van der Waals surface area contributed by atoms with Crippen LogP contribution < -0.4 is 10.6 Å². The molecule has 8 nitrogen and oxygen atoms in total. The molecule has 180 valence electrons. The summed E-state index contributed by atoms with van der Waals surface area (Å²) >= 11 is 0. The third kappa shape index (κ3) is 5.91. The number of hydrogen-bond donors (Lipinski definition) is 3. The molecular formula is C25H28N2O6S. The van der Waals surface area contributed by atoms with Gasteiger partial charge in [-0.3, -0.25) is 9.59 Å². The molecule has 0 aromatic heterocycles. The monoisotopic (exact) mass is 484 g/mol. The van der Waals surface area contributed by atoms with Gasteiger partial charge in [-0.25, -0.2) is 13.2 Å². The predicted molar refractivity (Wildman–Crippen MR) is 128 cm³/mol. The van der Waals surface area contributed by atoms with Gasteiger partial charge in [-0.2, -0.15) is 0 Å². The number of hydrogen-bond acceptors (Lipinski definition) is 5. The Morgan fingerprint density at radius 1 is 0.912 bits per heavy atom. The zero-order chi connectivity index (χ0) is 24.9. The van der Waals surface area contributed by atoms with Crippen LogP contribution in [0.5, 0.6) is 0 Å². The molecule has 1 aliphatic rings. The first-order chi connectivity index (χ1) is 16.1. The number of nitrogens with one attached hydrogen (secondary N) is 2. The second-order valence-electron chi connectivity index (χ2n) is 8.63. The van der Waals surface area contributed by atoms with E-state index in [1.54, 1.807) is 18.2 Å². The third-order valence-electron chi connectivity index (χ3n) is 5.55. The van der Waals surface area contributed by atoms with Gasteiger partial charge in [0, 0.05) is 0 Å². The number of sulfone groups is 1. The van der Waals surface area contributed by atoms with Gasteiger partial charge in [-0.15, -0.1) is 0 Å². The number of amides is 2. The predicted octanol–water partition coefficient (Wildman–Crippen LogP) is 3.18. The van der Waals surface area contributed by atoms with Gasteiger partial charge in [-0.05, 0) is 48.4 Å². The van der Waals surface area contributed by atoms with Crippen LogP contribution in [-0.2, 0) is 25.8 Å². The fraction of sp³-hybridized carbons (Fsp3) is 0.320. The molecule has 1 heterocycles. The van der Waals surface area contributed by atoms with Crippen molar-refractivity contribution in [1.29, 1.82) is 0 Å². The zero-order valence-electron chi connectivity index (χ0n) is 19.0. The summed E-state index contributed by atoms with van der Waals surface area (Å²) in [6, 6.07) is 13.4. The first-order valence-electron chi connectivity index (χ1n) is 11.0. The summed E-state index contributed by atoms with van der Waals surface area (Å²) in [6.45, 7) is 3.68. The van der Waals surface area contributed by atoms with Crippen molar-refractivity contribution >= 4 is 33.7 Å². The average molecular weight is 485 g/mol. The summed E-state index contributed by atoms with van der Waals surface area (Å²) in [5.41, 5.74) is 1.34. The van der Waals surface area contributed by atoms with E-state index >= 15 is 0 Å². The van der Waals surface area contributed by atoms with Crippen molar-refractivity contribution in [3.8, 4) is 0 Å². The molecule has 3 rings (SSSR count). The van der Waals surface area contributed by atoms with Gasteiger partial charge >= 0.3 is 6.09 Å². The number of ketones is 1. The van der Waals surface area contributed by atoms with E-state index in [4.69, 9.17) is 5.11 Å². The molecule has 1 aliphatic heterocycles. The van der Waals surface area contributed by atoms with Crippen LogP contribution >= 0.6 is 0 Å². The van der Waals surface area contributed by atoms with E-state index in [9.17, 15) is 22.8 Å². The molecule has 2 aromatic rings. The molecule has 2 atom stereocenters. The minimum absolute atomic E-state index is 0.00786.